The Morgan fingerprint density at radius 3 is 2.71 bits per heavy atom. The van der Waals surface area contributed by atoms with E-state index in [0.29, 0.717) is 22.9 Å². The van der Waals surface area contributed by atoms with Gasteiger partial charge in [-0.1, -0.05) is 18.5 Å². The predicted molar refractivity (Wildman–Crippen MR) is 55.4 cm³/mol. The van der Waals surface area contributed by atoms with Crippen LogP contribution in [0.3, 0.4) is 0 Å². The highest BCUT2D eigenvalue weighted by molar-refractivity contribution is 6.32. The Hall–Kier alpha value is -0.800. The maximum Gasteiger partial charge on any atom is 0.137 e. The molecular weight excluding hydrogens is 205 g/mol. The van der Waals surface area contributed by atoms with Crippen molar-refractivity contribution in [3.63, 3.8) is 0 Å². The molecule has 0 heterocycles. The van der Waals surface area contributed by atoms with E-state index < -0.39 is 0 Å². The van der Waals surface area contributed by atoms with E-state index in [9.17, 15) is 4.39 Å². The molecule has 78 valence electrons. The van der Waals surface area contributed by atoms with Crippen LogP contribution in [0.5, 0.6) is 5.75 Å². The number of rotatable bonds is 3. The minimum absolute atomic E-state index is 0.113. The summed E-state index contributed by atoms with van der Waals surface area (Å²) in [6.45, 7) is 2.17. The van der Waals surface area contributed by atoms with E-state index >= 15 is 0 Å². The molecule has 0 aliphatic rings. The van der Waals surface area contributed by atoms with Crippen molar-refractivity contribution in [1.82, 2.24) is 0 Å². The Labute approximate surface area is 87.8 Å². The van der Waals surface area contributed by atoms with Gasteiger partial charge in [-0.3, -0.25) is 0 Å². The number of methoxy groups -OCH3 is 1. The van der Waals surface area contributed by atoms with Gasteiger partial charge < -0.3 is 10.5 Å². The molecule has 0 amide bonds. The van der Waals surface area contributed by atoms with Gasteiger partial charge in [-0.15, -0.1) is 0 Å². The Kier molecular flexibility index (Phi) is 3.72. The van der Waals surface area contributed by atoms with E-state index in [1.807, 2.05) is 6.92 Å². The predicted octanol–water partition coefficient (Wildman–Crippen LogP) is 2.55. The van der Waals surface area contributed by atoms with Gasteiger partial charge >= 0.3 is 0 Å². The van der Waals surface area contributed by atoms with E-state index in [1.165, 1.54) is 19.2 Å². The summed E-state index contributed by atoms with van der Waals surface area (Å²) in [5.74, 6) is 0.0229. The van der Waals surface area contributed by atoms with Gasteiger partial charge in [0.1, 0.15) is 11.6 Å². The molecule has 14 heavy (non-hydrogen) atoms. The van der Waals surface area contributed by atoms with Crippen LogP contribution in [0.25, 0.3) is 0 Å². The van der Waals surface area contributed by atoms with Crippen molar-refractivity contribution in [1.29, 1.82) is 0 Å². The van der Waals surface area contributed by atoms with Gasteiger partial charge in [0.25, 0.3) is 0 Å². The van der Waals surface area contributed by atoms with Gasteiger partial charge in [0, 0.05) is 5.56 Å². The molecule has 0 saturated carbocycles. The molecular formula is C10H13ClFNO. The van der Waals surface area contributed by atoms with Crippen molar-refractivity contribution in [2.24, 2.45) is 5.73 Å². The highest BCUT2D eigenvalue weighted by atomic mass is 35.5. The molecule has 2 N–H and O–H groups in total. The summed E-state index contributed by atoms with van der Waals surface area (Å²) in [6.07, 6.45) is 0. The quantitative estimate of drug-likeness (QED) is 0.845. The molecule has 1 aromatic carbocycles. The van der Waals surface area contributed by atoms with E-state index in [0.717, 1.165) is 0 Å². The summed E-state index contributed by atoms with van der Waals surface area (Å²) in [7, 11) is 1.50. The molecule has 0 aromatic heterocycles. The SMILES string of the molecule is COc1ccc(F)c(C(C)CN)c1Cl. The summed E-state index contributed by atoms with van der Waals surface area (Å²) in [4.78, 5) is 0. The molecule has 2 nitrogen and oxygen atoms in total. The number of halogens is 2. The van der Waals surface area contributed by atoms with Gasteiger partial charge in [0.2, 0.25) is 0 Å². The molecule has 0 aliphatic heterocycles. The Morgan fingerprint density at radius 1 is 1.57 bits per heavy atom. The smallest absolute Gasteiger partial charge is 0.137 e. The minimum Gasteiger partial charge on any atom is -0.495 e. The zero-order valence-corrected chi connectivity index (χ0v) is 8.94. The van der Waals surface area contributed by atoms with Crippen LogP contribution in [-0.2, 0) is 0 Å². The lowest BCUT2D eigenvalue weighted by Gasteiger charge is -2.14. The van der Waals surface area contributed by atoms with E-state index in [4.69, 9.17) is 22.1 Å². The number of hydrogen-bond donors (Lipinski definition) is 1. The molecule has 0 aliphatic carbocycles. The summed E-state index contributed by atoms with van der Waals surface area (Å²) < 4.78 is 18.4. The fraction of sp³-hybridized carbons (Fsp3) is 0.400. The van der Waals surface area contributed by atoms with Gasteiger partial charge in [0.05, 0.1) is 12.1 Å². The lowest BCUT2D eigenvalue weighted by atomic mass is 10.0. The zero-order valence-electron chi connectivity index (χ0n) is 8.18. The minimum atomic E-state index is -0.339. The summed E-state index contributed by atoms with van der Waals surface area (Å²) in [6, 6.07) is 2.84. The maximum absolute atomic E-state index is 13.4. The first-order valence-corrected chi connectivity index (χ1v) is 4.71. The van der Waals surface area contributed by atoms with Crippen LogP contribution >= 0.6 is 11.6 Å². The van der Waals surface area contributed by atoms with Crippen LogP contribution in [0.15, 0.2) is 12.1 Å². The molecule has 1 unspecified atom stereocenters. The molecule has 0 fully saturated rings. The lowest BCUT2D eigenvalue weighted by molar-refractivity contribution is 0.412. The van der Waals surface area contributed by atoms with Crippen molar-refractivity contribution in [3.05, 3.63) is 28.5 Å². The Balaban J connectivity index is 3.25. The van der Waals surface area contributed by atoms with Crippen molar-refractivity contribution >= 4 is 11.6 Å². The van der Waals surface area contributed by atoms with Crippen LogP contribution in [0.1, 0.15) is 18.4 Å². The second-order valence-corrected chi connectivity index (χ2v) is 3.49. The van der Waals surface area contributed by atoms with E-state index in [2.05, 4.69) is 0 Å². The van der Waals surface area contributed by atoms with Gasteiger partial charge in [-0.25, -0.2) is 4.39 Å². The molecule has 1 aromatic rings. The average Bonchev–Trinajstić information content (AvgIpc) is 2.18. The highest BCUT2D eigenvalue weighted by Gasteiger charge is 2.17. The van der Waals surface area contributed by atoms with E-state index in [1.54, 1.807) is 0 Å². The normalized spacial score (nSPS) is 12.6. The van der Waals surface area contributed by atoms with Crippen LogP contribution in [0.4, 0.5) is 4.39 Å². The third kappa shape index (κ3) is 1.99. The first-order valence-electron chi connectivity index (χ1n) is 4.33. The maximum atomic E-state index is 13.4. The van der Waals surface area contributed by atoms with Crippen LogP contribution in [0, 0.1) is 5.82 Å². The number of ether oxygens (including phenoxy) is 1. The molecule has 4 heteroatoms. The molecule has 0 spiro atoms. The third-order valence-corrected chi connectivity index (χ3v) is 2.55. The average molecular weight is 218 g/mol. The zero-order chi connectivity index (χ0) is 10.7. The lowest BCUT2D eigenvalue weighted by Crippen LogP contribution is -2.11. The van der Waals surface area contributed by atoms with Crippen molar-refractivity contribution in [2.75, 3.05) is 13.7 Å². The van der Waals surface area contributed by atoms with Crippen LogP contribution < -0.4 is 10.5 Å². The molecule has 0 radical (unpaired) electrons. The third-order valence-electron chi connectivity index (χ3n) is 2.16. The summed E-state index contributed by atoms with van der Waals surface area (Å²) in [5.41, 5.74) is 5.89. The largest absolute Gasteiger partial charge is 0.495 e. The monoisotopic (exact) mass is 217 g/mol. The van der Waals surface area contributed by atoms with Crippen molar-refractivity contribution in [2.45, 2.75) is 12.8 Å². The molecule has 1 rings (SSSR count). The number of benzene rings is 1. The first kappa shape index (κ1) is 11.3. The highest BCUT2D eigenvalue weighted by Crippen LogP contribution is 2.34. The van der Waals surface area contributed by atoms with Gasteiger partial charge in [-0.2, -0.15) is 0 Å². The number of hydrogen-bond acceptors (Lipinski definition) is 2. The summed E-state index contributed by atoms with van der Waals surface area (Å²) >= 11 is 5.97. The molecule has 0 saturated heterocycles. The fourth-order valence-electron chi connectivity index (χ4n) is 1.28. The first-order chi connectivity index (χ1) is 6.61. The van der Waals surface area contributed by atoms with Crippen molar-refractivity contribution in [3.8, 4) is 5.75 Å². The Bertz CT molecular complexity index is 330. The second kappa shape index (κ2) is 4.62. The second-order valence-electron chi connectivity index (χ2n) is 3.11. The summed E-state index contributed by atoms with van der Waals surface area (Å²) in [5, 5.41) is 0.311. The standard InChI is InChI=1S/C10H13ClFNO/c1-6(5-13)9-7(12)3-4-8(14-2)10(9)11/h3-4,6H,5,13H2,1-2H3. The molecule has 0 bridgehead atoms. The van der Waals surface area contributed by atoms with Gasteiger partial charge in [-0.05, 0) is 24.6 Å². The van der Waals surface area contributed by atoms with Crippen LogP contribution in [0.2, 0.25) is 5.02 Å². The Morgan fingerprint density at radius 2 is 2.21 bits per heavy atom. The van der Waals surface area contributed by atoms with Gasteiger partial charge in [0.15, 0.2) is 0 Å². The molecule has 1 atom stereocenters. The fourth-order valence-corrected chi connectivity index (χ4v) is 1.69. The van der Waals surface area contributed by atoms with Crippen molar-refractivity contribution < 1.29 is 9.13 Å². The van der Waals surface area contributed by atoms with E-state index in [-0.39, 0.29) is 11.7 Å². The number of nitrogens with two attached hydrogens (primary N) is 1. The topological polar surface area (TPSA) is 35.2 Å². The van der Waals surface area contributed by atoms with Crippen LogP contribution in [-0.4, -0.2) is 13.7 Å².